The first-order chi connectivity index (χ1) is 13.5. The summed E-state index contributed by atoms with van der Waals surface area (Å²) in [6.45, 7) is 1.98. The molecule has 0 spiro atoms. The van der Waals surface area contributed by atoms with Gasteiger partial charge in [-0.05, 0) is 42.8 Å². The average Bonchev–Trinajstić information content (AvgIpc) is 2.72. The fraction of sp³-hybridized carbons (Fsp3) is 0.333. The molecule has 0 saturated heterocycles. The Hall–Kier alpha value is -3.22. The van der Waals surface area contributed by atoms with Gasteiger partial charge in [0.25, 0.3) is 0 Å². The summed E-state index contributed by atoms with van der Waals surface area (Å²) in [6.07, 6.45) is -0.0669. The maximum atomic E-state index is 13.2. The largest absolute Gasteiger partial charge is 0.493 e. The van der Waals surface area contributed by atoms with E-state index in [9.17, 15) is 9.59 Å². The lowest BCUT2D eigenvalue weighted by molar-refractivity contribution is -0.142. The van der Waals surface area contributed by atoms with Gasteiger partial charge in [0.1, 0.15) is 0 Å². The number of ketones is 1. The van der Waals surface area contributed by atoms with E-state index >= 15 is 0 Å². The number of benzene rings is 2. The maximum absolute atomic E-state index is 13.2. The quantitative estimate of drug-likeness (QED) is 0.482. The van der Waals surface area contributed by atoms with E-state index in [-0.39, 0.29) is 18.8 Å². The van der Waals surface area contributed by atoms with E-state index in [1.54, 1.807) is 37.3 Å². The molecule has 7 nitrogen and oxygen atoms in total. The van der Waals surface area contributed by atoms with E-state index in [2.05, 4.69) is 0 Å². The van der Waals surface area contributed by atoms with Crippen molar-refractivity contribution in [1.29, 1.82) is 0 Å². The zero-order valence-electron chi connectivity index (χ0n) is 16.7. The van der Waals surface area contributed by atoms with E-state index in [0.717, 1.165) is 0 Å². The normalized spacial score (nSPS) is 10.2. The molecule has 28 heavy (non-hydrogen) atoms. The number of rotatable bonds is 9. The highest BCUT2D eigenvalue weighted by Gasteiger charge is 2.21. The summed E-state index contributed by atoms with van der Waals surface area (Å²) in [4.78, 5) is 25.2. The number of ether oxygens (including phenoxy) is 5. The highest BCUT2D eigenvalue weighted by atomic mass is 16.5. The average molecular weight is 388 g/mol. The lowest BCUT2D eigenvalue weighted by Gasteiger charge is -2.15. The third-order valence-corrected chi connectivity index (χ3v) is 4.14. The second-order valence-electron chi connectivity index (χ2n) is 5.75. The number of hydrogen-bond acceptors (Lipinski definition) is 7. The van der Waals surface area contributed by atoms with E-state index in [0.29, 0.717) is 39.7 Å². The summed E-state index contributed by atoms with van der Waals surface area (Å²) in [5, 5.41) is 0. The van der Waals surface area contributed by atoms with Crippen LogP contribution in [0, 0.1) is 0 Å². The van der Waals surface area contributed by atoms with Gasteiger partial charge in [-0.2, -0.15) is 0 Å². The van der Waals surface area contributed by atoms with Gasteiger partial charge >= 0.3 is 5.97 Å². The molecule has 0 amide bonds. The van der Waals surface area contributed by atoms with Crippen LogP contribution in [0.3, 0.4) is 0 Å². The van der Waals surface area contributed by atoms with Gasteiger partial charge < -0.3 is 23.7 Å². The Kier molecular flexibility index (Phi) is 7.26. The molecule has 2 aromatic rings. The number of methoxy groups -OCH3 is 4. The van der Waals surface area contributed by atoms with Crippen molar-refractivity contribution in [1.82, 2.24) is 0 Å². The molecule has 0 atom stereocenters. The molecule has 0 bridgehead atoms. The third-order valence-electron chi connectivity index (χ3n) is 4.14. The second-order valence-corrected chi connectivity index (χ2v) is 5.75. The van der Waals surface area contributed by atoms with Crippen LogP contribution in [-0.4, -0.2) is 46.8 Å². The predicted octanol–water partition coefficient (Wildman–Crippen LogP) is 3.06. The molecule has 0 aliphatic rings. The van der Waals surface area contributed by atoms with Crippen LogP contribution in [0.15, 0.2) is 30.3 Å². The number of carbonyl (C=O) groups is 2. The summed E-state index contributed by atoms with van der Waals surface area (Å²) in [6, 6.07) is 8.05. The first kappa shape index (κ1) is 21.1. The van der Waals surface area contributed by atoms with Gasteiger partial charge in [-0.3, -0.25) is 9.59 Å². The smallest absolute Gasteiger partial charge is 0.310 e. The summed E-state index contributed by atoms with van der Waals surface area (Å²) in [5.74, 6) is 1.03. The van der Waals surface area contributed by atoms with Gasteiger partial charge in [-0.15, -0.1) is 0 Å². The van der Waals surface area contributed by atoms with Crippen LogP contribution in [0.5, 0.6) is 23.0 Å². The summed E-state index contributed by atoms with van der Waals surface area (Å²) < 4.78 is 26.1. The van der Waals surface area contributed by atoms with E-state index in [1.807, 2.05) is 0 Å². The van der Waals surface area contributed by atoms with Crippen molar-refractivity contribution < 1.29 is 33.3 Å². The Morgan fingerprint density at radius 3 is 1.93 bits per heavy atom. The van der Waals surface area contributed by atoms with Gasteiger partial charge in [-0.1, -0.05) is 0 Å². The molecule has 0 fully saturated rings. The molecular weight excluding hydrogens is 364 g/mol. The molecule has 0 aliphatic carbocycles. The third kappa shape index (κ3) is 4.54. The fourth-order valence-electron chi connectivity index (χ4n) is 2.78. The Morgan fingerprint density at radius 1 is 0.786 bits per heavy atom. The van der Waals surface area contributed by atoms with Crippen molar-refractivity contribution in [2.75, 3.05) is 35.0 Å². The van der Waals surface area contributed by atoms with Crippen LogP contribution in [-0.2, 0) is 16.0 Å². The minimum atomic E-state index is -0.434. The molecule has 2 rings (SSSR count). The van der Waals surface area contributed by atoms with Gasteiger partial charge in [0, 0.05) is 11.1 Å². The van der Waals surface area contributed by atoms with Crippen LogP contribution in [0.1, 0.15) is 28.4 Å². The number of hydrogen-bond donors (Lipinski definition) is 0. The molecule has 0 aromatic heterocycles. The van der Waals surface area contributed by atoms with E-state index < -0.39 is 5.97 Å². The summed E-state index contributed by atoms with van der Waals surface area (Å²) in [7, 11) is 5.98. The van der Waals surface area contributed by atoms with Crippen LogP contribution in [0.4, 0.5) is 0 Å². The summed E-state index contributed by atoms with van der Waals surface area (Å²) in [5.41, 5.74) is 1.18. The second kappa shape index (κ2) is 9.64. The molecule has 2 aromatic carbocycles. The van der Waals surface area contributed by atoms with Crippen molar-refractivity contribution in [3.8, 4) is 23.0 Å². The lowest BCUT2D eigenvalue weighted by atomic mass is 9.95. The SMILES string of the molecule is CCOC(=O)Cc1cc(OC)c(OC)cc1C(=O)c1ccc(OC)c(OC)c1. The van der Waals surface area contributed by atoms with Crippen LogP contribution in [0.25, 0.3) is 0 Å². The maximum Gasteiger partial charge on any atom is 0.310 e. The molecule has 150 valence electrons. The highest BCUT2D eigenvalue weighted by molar-refractivity contribution is 6.11. The minimum Gasteiger partial charge on any atom is -0.493 e. The first-order valence-corrected chi connectivity index (χ1v) is 8.66. The van der Waals surface area contributed by atoms with Crippen molar-refractivity contribution in [2.24, 2.45) is 0 Å². The van der Waals surface area contributed by atoms with Crippen molar-refractivity contribution in [3.05, 3.63) is 47.0 Å². The minimum absolute atomic E-state index is 0.0669. The van der Waals surface area contributed by atoms with Crippen molar-refractivity contribution >= 4 is 11.8 Å². The van der Waals surface area contributed by atoms with Crippen molar-refractivity contribution in [3.63, 3.8) is 0 Å². The van der Waals surface area contributed by atoms with Crippen LogP contribution in [0.2, 0.25) is 0 Å². The lowest BCUT2D eigenvalue weighted by Crippen LogP contribution is -2.13. The zero-order valence-corrected chi connectivity index (χ0v) is 16.7. The Labute approximate surface area is 164 Å². The van der Waals surface area contributed by atoms with Gasteiger partial charge in [0.15, 0.2) is 28.8 Å². The fourth-order valence-corrected chi connectivity index (χ4v) is 2.78. The molecule has 0 heterocycles. The Morgan fingerprint density at radius 2 is 1.36 bits per heavy atom. The topological polar surface area (TPSA) is 80.3 Å². The van der Waals surface area contributed by atoms with Gasteiger partial charge in [0.05, 0.1) is 41.5 Å². The number of carbonyl (C=O) groups excluding carboxylic acids is 2. The highest BCUT2D eigenvalue weighted by Crippen LogP contribution is 2.34. The monoisotopic (exact) mass is 388 g/mol. The molecular formula is C21H24O7. The first-order valence-electron chi connectivity index (χ1n) is 8.66. The predicted molar refractivity (Wildman–Crippen MR) is 103 cm³/mol. The Balaban J connectivity index is 2.54. The van der Waals surface area contributed by atoms with Crippen LogP contribution < -0.4 is 18.9 Å². The molecule has 0 aliphatic heterocycles. The molecule has 0 unspecified atom stereocenters. The molecule has 0 radical (unpaired) electrons. The van der Waals surface area contributed by atoms with E-state index in [1.165, 1.54) is 28.4 Å². The Bertz CT molecular complexity index is 858. The zero-order chi connectivity index (χ0) is 20.7. The van der Waals surface area contributed by atoms with Crippen LogP contribution >= 0.6 is 0 Å². The molecule has 7 heteroatoms. The molecule has 0 saturated carbocycles. The van der Waals surface area contributed by atoms with Gasteiger partial charge in [-0.25, -0.2) is 0 Å². The standard InChI is InChI=1S/C21H24O7/c1-6-28-20(22)11-14-10-18(26-4)19(27-5)12-15(14)21(23)13-7-8-16(24-2)17(9-13)25-3/h7-10,12H,6,11H2,1-5H3. The summed E-state index contributed by atoms with van der Waals surface area (Å²) >= 11 is 0. The van der Waals surface area contributed by atoms with Crippen molar-refractivity contribution in [2.45, 2.75) is 13.3 Å². The molecule has 0 N–H and O–H groups in total. The van der Waals surface area contributed by atoms with E-state index in [4.69, 9.17) is 23.7 Å². The van der Waals surface area contributed by atoms with Gasteiger partial charge in [0.2, 0.25) is 0 Å². The number of esters is 1.